The summed E-state index contributed by atoms with van der Waals surface area (Å²) in [5, 5.41) is 0. The molecule has 1 amide bonds. The van der Waals surface area contributed by atoms with E-state index < -0.39 is 12.3 Å². The Kier molecular flexibility index (Phi) is 2.24. The molecular weight excluding hydrogens is 203 g/mol. The van der Waals surface area contributed by atoms with Crippen molar-refractivity contribution in [3.8, 4) is 6.08 Å². The van der Waals surface area contributed by atoms with Gasteiger partial charge in [0.15, 0.2) is 5.58 Å². The highest BCUT2D eigenvalue weighted by Gasteiger charge is 2.18. The van der Waals surface area contributed by atoms with Crippen LogP contribution in [0.3, 0.4) is 0 Å². The van der Waals surface area contributed by atoms with E-state index in [2.05, 4.69) is 15.5 Å². The number of fused-ring (bicyclic) bond motifs is 1. The van der Waals surface area contributed by atoms with Crippen LogP contribution in [0, 0.1) is 0 Å². The van der Waals surface area contributed by atoms with Gasteiger partial charge < -0.3 is 14.9 Å². The van der Waals surface area contributed by atoms with E-state index in [0.29, 0.717) is 11.1 Å². The van der Waals surface area contributed by atoms with Gasteiger partial charge in [-0.15, -0.1) is 0 Å². The van der Waals surface area contributed by atoms with Crippen molar-refractivity contribution in [1.29, 1.82) is 0 Å². The van der Waals surface area contributed by atoms with Crippen LogP contribution in [0.15, 0.2) is 28.7 Å². The molecule has 1 atom stereocenters. The Morgan fingerprint density at radius 3 is 2.93 bits per heavy atom. The molecule has 1 heterocycles. The number of benzene rings is 1. The molecule has 0 aliphatic heterocycles. The second kappa shape index (κ2) is 3.56. The Labute approximate surface area is 83.6 Å². The van der Waals surface area contributed by atoms with Crippen molar-refractivity contribution >= 4 is 17.0 Å². The molecule has 0 aliphatic carbocycles. The summed E-state index contributed by atoms with van der Waals surface area (Å²) >= 11 is 0. The monoisotopic (exact) mass is 210 g/mol. The number of halogens is 1. The number of aromatic nitrogens is 1. The van der Waals surface area contributed by atoms with Gasteiger partial charge in [-0.1, -0.05) is 12.1 Å². The van der Waals surface area contributed by atoms with Crippen LogP contribution < -0.4 is 10.5 Å². The number of hydrogen-bond donors (Lipinski definition) is 1. The molecule has 2 rings (SSSR count). The number of rotatable bonds is 3. The van der Waals surface area contributed by atoms with Crippen LogP contribution in [0.1, 0.15) is 0 Å². The number of amides is 1. The van der Waals surface area contributed by atoms with Gasteiger partial charge in [-0.3, -0.25) is 4.79 Å². The van der Waals surface area contributed by atoms with E-state index in [0.717, 1.165) is 0 Å². The van der Waals surface area contributed by atoms with E-state index >= 15 is 0 Å². The zero-order valence-corrected chi connectivity index (χ0v) is 7.51. The van der Waals surface area contributed by atoms with Crippen molar-refractivity contribution in [3.63, 3.8) is 0 Å². The van der Waals surface area contributed by atoms with E-state index in [-0.39, 0.29) is 6.08 Å². The van der Waals surface area contributed by atoms with Crippen LogP contribution in [0.5, 0.6) is 6.08 Å². The number of nitrogens with zero attached hydrogens (tertiary/aromatic N) is 1. The first-order chi connectivity index (χ1) is 7.16. The summed E-state index contributed by atoms with van der Waals surface area (Å²) in [6.45, 7) is 0. The summed E-state index contributed by atoms with van der Waals surface area (Å²) < 4.78 is 22.2. The fraction of sp³-hybridized carbons (Fsp3) is 0.111. The minimum absolute atomic E-state index is 0.317. The molecule has 2 N–H and O–H groups in total. The molecule has 0 saturated heterocycles. The van der Waals surface area contributed by atoms with Crippen molar-refractivity contribution in [2.24, 2.45) is 5.73 Å². The summed E-state index contributed by atoms with van der Waals surface area (Å²) in [5.41, 5.74) is 5.64. The topological polar surface area (TPSA) is 78.4 Å². The molecule has 0 bridgehead atoms. The lowest BCUT2D eigenvalue weighted by Gasteiger charge is -2.01. The number of para-hydroxylation sites is 2. The van der Waals surface area contributed by atoms with Gasteiger partial charge in [0.05, 0.1) is 0 Å². The molecule has 15 heavy (non-hydrogen) atoms. The Hall–Kier alpha value is -2.11. The highest BCUT2D eigenvalue weighted by atomic mass is 19.1. The van der Waals surface area contributed by atoms with E-state index in [9.17, 15) is 9.18 Å². The summed E-state index contributed by atoms with van der Waals surface area (Å²) in [4.78, 5) is 14.2. The van der Waals surface area contributed by atoms with Crippen LogP contribution in [-0.2, 0) is 4.79 Å². The molecule has 5 nitrogen and oxygen atoms in total. The third-order valence-electron chi connectivity index (χ3n) is 1.70. The van der Waals surface area contributed by atoms with E-state index in [1.807, 2.05) is 0 Å². The van der Waals surface area contributed by atoms with E-state index in [1.165, 1.54) is 0 Å². The van der Waals surface area contributed by atoms with E-state index in [1.54, 1.807) is 24.3 Å². The molecule has 0 saturated carbocycles. The number of alkyl halides is 1. The summed E-state index contributed by atoms with van der Waals surface area (Å²) in [5.74, 6) is -1.22. The molecule has 0 spiro atoms. The highest BCUT2D eigenvalue weighted by molar-refractivity contribution is 5.77. The molecule has 0 aliphatic rings. The Balaban J connectivity index is 2.26. The molecule has 0 radical (unpaired) electrons. The van der Waals surface area contributed by atoms with Crippen LogP contribution in [0.2, 0.25) is 0 Å². The van der Waals surface area contributed by atoms with Crippen LogP contribution in [0.25, 0.3) is 11.1 Å². The zero-order chi connectivity index (χ0) is 10.8. The molecule has 2 aromatic rings. The number of oxazole rings is 1. The first-order valence-electron chi connectivity index (χ1n) is 4.12. The van der Waals surface area contributed by atoms with Crippen molar-refractivity contribution in [1.82, 2.24) is 4.98 Å². The van der Waals surface area contributed by atoms with Gasteiger partial charge in [-0.05, 0) is 12.1 Å². The first-order valence-corrected chi connectivity index (χ1v) is 4.12. The second-order valence-electron chi connectivity index (χ2n) is 2.78. The molecule has 1 aromatic carbocycles. The Morgan fingerprint density at radius 2 is 2.27 bits per heavy atom. The van der Waals surface area contributed by atoms with Gasteiger partial charge in [0, 0.05) is 0 Å². The molecular formula is C9H7FN2O3. The van der Waals surface area contributed by atoms with Gasteiger partial charge in [0.25, 0.3) is 5.91 Å². The Morgan fingerprint density at radius 1 is 1.53 bits per heavy atom. The van der Waals surface area contributed by atoms with Crippen molar-refractivity contribution in [2.45, 2.75) is 6.36 Å². The molecule has 0 fully saturated rings. The third kappa shape index (κ3) is 1.88. The third-order valence-corrected chi connectivity index (χ3v) is 1.70. The lowest BCUT2D eigenvalue weighted by atomic mass is 10.3. The SMILES string of the molecule is NC(=O)C(F)Oc1nc2ccccc2o1. The van der Waals surface area contributed by atoms with Gasteiger partial charge in [0.1, 0.15) is 5.52 Å². The summed E-state index contributed by atoms with van der Waals surface area (Å²) in [7, 11) is 0. The van der Waals surface area contributed by atoms with Gasteiger partial charge in [-0.25, -0.2) is 0 Å². The minimum Gasteiger partial charge on any atom is -0.409 e. The number of hydrogen-bond acceptors (Lipinski definition) is 4. The number of carbonyl (C=O) groups is 1. The standard InChI is InChI=1S/C9H7FN2O3/c10-7(8(11)13)15-9-12-5-3-1-2-4-6(5)14-9/h1-4,7H,(H2,11,13). The fourth-order valence-corrected chi connectivity index (χ4v) is 1.05. The highest BCUT2D eigenvalue weighted by Crippen LogP contribution is 2.20. The van der Waals surface area contributed by atoms with Gasteiger partial charge >= 0.3 is 12.4 Å². The molecule has 1 aromatic heterocycles. The van der Waals surface area contributed by atoms with E-state index in [4.69, 9.17) is 4.42 Å². The Bertz CT molecular complexity index is 464. The molecule has 78 valence electrons. The molecule has 6 heteroatoms. The maximum atomic E-state index is 12.7. The van der Waals surface area contributed by atoms with Crippen molar-refractivity contribution in [2.75, 3.05) is 0 Å². The smallest absolute Gasteiger partial charge is 0.397 e. The second-order valence-corrected chi connectivity index (χ2v) is 2.78. The number of primary amides is 1. The quantitative estimate of drug-likeness (QED) is 0.819. The van der Waals surface area contributed by atoms with Gasteiger partial charge in [0.2, 0.25) is 0 Å². The van der Waals surface area contributed by atoms with Crippen LogP contribution in [-0.4, -0.2) is 17.2 Å². The number of carbonyl (C=O) groups excluding carboxylic acids is 1. The maximum absolute atomic E-state index is 12.7. The lowest BCUT2D eigenvalue weighted by Crippen LogP contribution is -2.29. The summed E-state index contributed by atoms with van der Waals surface area (Å²) in [6, 6.07) is 6.80. The summed E-state index contributed by atoms with van der Waals surface area (Å²) in [6.07, 6.45) is -2.57. The number of ether oxygens (including phenoxy) is 1. The maximum Gasteiger partial charge on any atom is 0.397 e. The van der Waals surface area contributed by atoms with Crippen molar-refractivity contribution < 1.29 is 18.3 Å². The predicted molar refractivity (Wildman–Crippen MR) is 48.7 cm³/mol. The molecule has 1 unspecified atom stereocenters. The van der Waals surface area contributed by atoms with Crippen LogP contribution >= 0.6 is 0 Å². The number of nitrogens with two attached hydrogens (primary N) is 1. The normalized spacial score (nSPS) is 12.6. The zero-order valence-electron chi connectivity index (χ0n) is 7.51. The fourth-order valence-electron chi connectivity index (χ4n) is 1.05. The average molecular weight is 210 g/mol. The van der Waals surface area contributed by atoms with Gasteiger partial charge in [-0.2, -0.15) is 9.37 Å². The van der Waals surface area contributed by atoms with Crippen LogP contribution in [0.4, 0.5) is 4.39 Å². The lowest BCUT2D eigenvalue weighted by molar-refractivity contribution is -0.133. The largest absolute Gasteiger partial charge is 0.409 e. The predicted octanol–water partition coefficient (Wildman–Crippen LogP) is 0.988. The first kappa shape index (κ1) is 9.45. The van der Waals surface area contributed by atoms with Crippen molar-refractivity contribution in [3.05, 3.63) is 24.3 Å². The average Bonchev–Trinajstić information content (AvgIpc) is 2.59. The minimum atomic E-state index is -2.25.